The predicted molar refractivity (Wildman–Crippen MR) is 92.8 cm³/mol. The molecule has 0 atom stereocenters. The number of amides is 1. The summed E-state index contributed by atoms with van der Waals surface area (Å²) in [6.07, 6.45) is 1.63. The molecular weight excluding hydrogens is 304 g/mol. The van der Waals surface area contributed by atoms with Crippen molar-refractivity contribution in [3.63, 3.8) is 0 Å². The molecule has 2 aromatic rings. The second kappa shape index (κ2) is 7.20. The van der Waals surface area contributed by atoms with Crippen LogP contribution in [0.25, 0.3) is 0 Å². The number of nitrogens with zero attached hydrogens (tertiary/aromatic N) is 2. The van der Waals surface area contributed by atoms with Crippen LogP contribution in [0.1, 0.15) is 19.6 Å². The molecule has 1 aliphatic heterocycles. The van der Waals surface area contributed by atoms with Crippen LogP contribution in [0.3, 0.4) is 0 Å². The summed E-state index contributed by atoms with van der Waals surface area (Å²) in [5.74, 6) is 0.838. The van der Waals surface area contributed by atoms with Crippen molar-refractivity contribution >= 4 is 11.6 Å². The third-order valence-electron chi connectivity index (χ3n) is 4.13. The van der Waals surface area contributed by atoms with Gasteiger partial charge in [-0.15, -0.1) is 0 Å². The molecule has 5 nitrogen and oxygen atoms in total. The van der Waals surface area contributed by atoms with Crippen molar-refractivity contribution in [3.05, 3.63) is 54.5 Å². The summed E-state index contributed by atoms with van der Waals surface area (Å²) in [4.78, 5) is 16.9. The van der Waals surface area contributed by atoms with Gasteiger partial charge in [0.05, 0.1) is 31.6 Å². The largest absolute Gasteiger partial charge is 0.467 e. The van der Waals surface area contributed by atoms with Gasteiger partial charge in [0.15, 0.2) is 0 Å². The monoisotopic (exact) mass is 328 g/mol. The highest BCUT2D eigenvalue weighted by atomic mass is 16.5. The lowest BCUT2D eigenvalue weighted by Crippen LogP contribution is -2.51. The molecule has 0 aliphatic carbocycles. The first-order valence-electron chi connectivity index (χ1n) is 8.28. The molecule has 1 aliphatic rings. The highest BCUT2D eigenvalue weighted by Gasteiger charge is 2.29. The second-order valence-corrected chi connectivity index (χ2v) is 6.71. The van der Waals surface area contributed by atoms with Crippen LogP contribution < -0.4 is 4.90 Å². The fraction of sp³-hybridized carbons (Fsp3) is 0.421. The van der Waals surface area contributed by atoms with E-state index in [9.17, 15) is 4.79 Å². The molecule has 0 bridgehead atoms. The zero-order chi connectivity index (χ0) is 17.0. The summed E-state index contributed by atoms with van der Waals surface area (Å²) >= 11 is 0. The zero-order valence-corrected chi connectivity index (χ0v) is 14.3. The Labute approximate surface area is 142 Å². The average Bonchev–Trinajstić information content (AvgIpc) is 3.05. The minimum Gasteiger partial charge on any atom is -0.467 e. The standard InChI is InChI=1S/C19H24N2O3/c1-19(2)15-20(10-12-24-19)14-18(22)21(13-17-9-6-11-23-17)16-7-4-3-5-8-16/h3-9,11H,10,12-15H2,1-2H3. The number of carbonyl (C=O) groups is 1. The third-order valence-corrected chi connectivity index (χ3v) is 4.13. The highest BCUT2D eigenvalue weighted by Crippen LogP contribution is 2.20. The van der Waals surface area contributed by atoms with Crippen molar-refractivity contribution in [2.75, 3.05) is 31.1 Å². The zero-order valence-electron chi connectivity index (χ0n) is 14.3. The number of para-hydroxylation sites is 1. The minimum absolute atomic E-state index is 0.0651. The van der Waals surface area contributed by atoms with E-state index in [1.807, 2.05) is 42.5 Å². The van der Waals surface area contributed by atoms with Crippen LogP contribution in [0.4, 0.5) is 5.69 Å². The van der Waals surface area contributed by atoms with Crippen molar-refractivity contribution in [1.29, 1.82) is 0 Å². The van der Waals surface area contributed by atoms with Gasteiger partial charge in [-0.05, 0) is 38.1 Å². The molecule has 0 unspecified atom stereocenters. The molecule has 5 heteroatoms. The lowest BCUT2D eigenvalue weighted by molar-refractivity contribution is -0.125. The summed E-state index contributed by atoms with van der Waals surface area (Å²) in [5.41, 5.74) is 0.670. The Bertz CT molecular complexity index is 653. The molecule has 128 valence electrons. The van der Waals surface area contributed by atoms with Crippen molar-refractivity contribution < 1.29 is 13.9 Å². The quantitative estimate of drug-likeness (QED) is 0.847. The van der Waals surface area contributed by atoms with Gasteiger partial charge in [-0.2, -0.15) is 0 Å². The van der Waals surface area contributed by atoms with E-state index in [0.29, 0.717) is 19.7 Å². The summed E-state index contributed by atoms with van der Waals surface area (Å²) in [6.45, 7) is 7.11. The van der Waals surface area contributed by atoms with Crippen LogP contribution in [0.2, 0.25) is 0 Å². The van der Waals surface area contributed by atoms with Crippen LogP contribution in [-0.2, 0) is 16.1 Å². The lowest BCUT2D eigenvalue weighted by Gasteiger charge is -2.38. The van der Waals surface area contributed by atoms with Gasteiger partial charge in [0, 0.05) is 18.8 Å². The molecule has 1 amide bonds. The maximum Gasteiger partial charge on any atom is 0.241 e. The number of morpholine rings is 1. The van der Waals surface area contributed by atoms with Crippen molar-refractivity contribution in [2.24, 2.45) is 0 Å². The van der Waals surface area contributed by atoms with Crippen LogP contribution in [-0.4, -0.2) is 42.6 Å². The number of ether oxygens (including phenoxy) is 1. The molecule has 0 N–H and O–H groups in total. The van der Waals surface area contributed by atoms with Crippen molar-refractivity contribution in [1.82, 2.24) is 4.90 Å². The number of carbonyl (C=O) groups excluding carboxylic acids is 1. The maximum atomic E-state index is 13.0. The van der Waals surface area contributed by atoms with Gasteiger partial charge in [-0.3, -0.25) is 9.69 Å². The van der Waals surface area contributed by atoms with E-state index < -0.39 is 0 Å². The van der Waals surface area contributed by atoms with E-state index in [-0.39, 0.29) is 11.5 Å². The van der Waals surface area contributed by atoms with E-state index >= 15 is 0 Å². The lowest BCUT2D eigenvalue weighted by atomic mass is 10.1. The van der Waals surface area contributed by atoms with E-state index in [0.717, 1.165) is 24.5 Å². The Morgan fingerprint density at radius 2 is 2.00 bits per heavy atom. The molecule has 1 aromatic heterocycles. The fourth-order valence-corrected chi connectivity index (χ4v) is 3.02. The molecule has 1 aromatic carbocycles. The first-order valence-corrected chi connectivity index (χ1v) is 8.28. The number of benzene rings is 1. The molecule has 3 rings (SSSR count). The number of rotatable bonds is 5. The van der Waals surface area contributed by atoms with Gasteiger partial charge in [0.25, 0.3) is 0 Å². The Morgan fingerprint density at radius 3 is 2.67 bits per heavy atom. The number of furan rings is 1. The second-order valence-electron chi connectivity index (χ2n) is 6.71. The van der Waals surface area contributed by atoms with Gasteiger partial charge < -0.3 is 14.1 Å². The Kier molecular flexibility index (Phi) is 5.02. The Hall–Kier alpha value is -2.11. The molecule has 1 fully saturated rings. The molecule has 0 spiro atoms. The number of anilines is 1. The molecule has 1 saturated heterocycles. The molecular formula is C19H24N2O3. The first-order chi connectivity index (χ1) is 11.5. The highest BCUT2D eigenvalue weighted by molar-refractivity contribution is 5.94. The summed E-state index contributed by atoms with van der Waals surface area (Å²) in [5, 5.41) is 0. The Balaban J connectivity index is 1.73. The van der Waals surface area contributed by atoms with Crippen molar-refractivity contribution in [3.8, 4) is 0 Å². The SMILES string of the molecule is CC1(C)CN(CC(=O)N(Cc2ccco2)c2ccccc2)CCO1. The van der Waals surface area contributed by atoms with Crippen molar-refractivity contribution in [2.45, 2.75) is 26.0 Å². The summed E-state index contributed by atoms with van der Waals surface area (Å²) in [7, 11) is 0. The third kappa shape index (κ3) is 4.24. The van der Waals surface area contributed by atoms with Gasteiger partial charge in [0.1, 0.15) is 5.76 Å². The minimum atomic E-state index is -0.211. The summed E-state index contributed by atoms with van der Waals surface area (Å²) < 4.78 is 11.2. The van der Waals surface area contributed by atoms with Crippen LogP contribution in [0, 0.1) is 0 Å². The van der Waals surface area contributed by atoms with E-state index in [2.05, 4.69) is 18.7 Å². The molecule has 24 heavy (non-hydrogen) atoms. The molecule has 0 saturated carbocycles. The van der Waals surface area contributed by atoms with E-state index in [4.69, 9.17) is 9.15 Å². The Morgan fingerprint density at radius 1 is 1.21 bits per heavy atom. The van der Waals surface area contributed by atoms with E-state index in [1.165, 1.54) is 0 Å². The van der Waals surface area contributed by atoms with Gasteiger partial charge in [0.2, 0.25) is 5.91 Å². The molecule has 2 heterocycles. The summed E-state index contributed by atoms with van der Waals surface area (Å²) in [6, 6.07) is 13.5. The van der Waals surface area contributed by atoms with Crippen LogP contribution in [0.5, 0.6) is 0 Å². The smallest absolute Gasteiger partial charge is 0.241 e. The average molecular weight is 328 g/mol. The predicted octanol–water partition coefficient (Wildman–Crippen LogP) is 2.92. The normalized spacial score (nSPS) is 17.6. The van der Waals surface area contributed by atoms with Crippen LogP contribution in [0.15, 0.2) is 53.1 Å². The van der Waals surface area contributed by atoms with Gasteiger partial charge in [-0.25, -0.2) is 0 Å². The maximum absolute atomic E-state index is 13.0. The first kappa shape index (κ1) is 16.7. The van der Waals surface area contributed by atoms with E-state index in [1.54, 1.807) is 11.2 Å². The number of hydrogen-bond acceptors (Lipinski definition) is 4. The molecule has 0 radical (unpaired) electrons. The fourth-order valence-electron chi connectivity index (χ4n) is 3.02. The van der Waals surface area contributed by atoms with Crippen LogP contribution >= 0.6 is 0 Å². The number of hydrogen-bond donors (Lipinski definition) is 0. The van der Waals surface area contributed by atoms with Gasteiger partial charge >= 0.3 is 0 Å². The topological polar surface area (TPSA) is 45.9 Å². The van der Waals surface area contributed by atoms with Gasteiger partial charge in [-0.1, -0.05) is 18.2 Å².